The highest BCUT2D eigenvalue weighted by atomic mass is 32.1. The summed E-state index contributed by atoms with van der Waals surface area (Å²) >= 11 is 1.55. The van der Waals surface area contributed by atoms with E-state index in [1.807, 2.05) is 24.4 Å². The maximum Gasteiger partial charge on any atom is 0.239 e. The van der Waals surface area contributed by atoms with Gasteiger partial charge in [0.15, 0.2) is 5.82 Å². The fourth-order valence-corrected chi connectivity index (χ4v) is 2.11. The Morgan fingerprint density at radius 3 is 3.06 bits per heavy atom. The molecular formula is C11H15N5OS. The molecule has 7 heteroatoms. The number of amides is 1. The first kappa shape index (κ1) is 12.7. The van der Waals surface area contributed by atoms with Crippen LogP contribution in [0.2, 0.25) is 0 Å². The monoisotopic (exact) mass is 265 g/mol. The molecule has 0 fully saturated rings. The van der Waals surface area contributed by atoms with Crippen LogP contribution < -0.4 is 5.32 Å². The Morgan fingerprint density at radius 2 is 2.44 bits per heavy atom. The minimum Gasteiger partial charge on any atom is -0.308 e. The second kappa shape index (κ2) is 5.74. The lowest BCUT2D eigenvalue weighted by Crippen LogP contribution is -2.30. The van der Waals surface area contributed by atoms with Crippen molar-refractivity contribution < 1.29 is 4.79 Å². The van der Waals surface area contributed by atoms with Gasteiger partial charge in [0, 0.05) is 31.2 Å². The van der Waals surface area contributed by atoms with Crippen molar-refractivity contribution in [2.24, 2.45) is 7.05 Å². The van der Waals surface area contributed by atoms with Crippen molar-refractivity contribution in [1.29, 1.82) is 0 Å². The Hall–Kier alpha value is -1.73. The molecule has 0 aliphatic rings. The Balaban J connectivity index is 1.80. The molecule has 0 unspecified atom stereocenters. The molecule has 0 saturated carbocycles. The molecule has 1 amide bonds. The van der Waals surface area contributed by atoms with E-state index in [2.05, 4.69) is 15.4 Å². The molecule has 2 heterocycles. The first-order valence-electron chi connectivity index (χ1n) is 5.48. The van der Waals surface area contributed by atoms with Crippen LogP contribution in [-0.4, -0.2) is 39.2 Å². The summed E-state index contributed by atoms with van der Waals surface area (Å²) in [6.45, 7) is 0.979. The van der Waals surface area contributed by atoms with E-state index in [0.29, 0.717) is 18.9 Å². The van der Waals surface area contributed by atoms with Gasteiger partial charge in [-0.15, -0.1) is 11.3 Å². The van der Waals surface area contributed by atoms with Gasteiger partial charge in [-0.2, -0.15) is 5.10 Å². The smallest absolute Gasteiger partial charge is 0.239 e. The van der Waals surface area contributed by atoms with E-state index in [-0.39, 0.29) is 5.91 Å². The number of nitrogens with zero attached hydrogens (tertiary/aromatic N) is 4. The normalized spacial score (nSPS) is 10.8. The largest absolute Gasteiger partial charge is 0.308 e. The van der Waals surface area contributed by atoms with E-state index in [4.69, 9.17) is 0 Å². The van der Waals surface area contributed by atoms with Crippen molar-refractivity contribution >= 4 is 23.1 Å². The third-order valence-electron chi connectivity index (χ3n) is 2.31. The summed E-state index contributed by atoms with van der Waals surface area (Å²) in [5, 5.41) is 8.81. The fourth-order valence-electron chi connectivity index (χ4n) is 1.56. The zero-order valence-electron chi connectivity index (χ0n) is 10.3. The van der Waals surface area contributed by atoms with Gasteiger partial charge in [0.25, 0.3) is 0 Å². The number of hydrogen-bond donors (Lipinski definition) is 1. The van der Waals surface area contributed by atoms with Crippen LogP contribution in [0.5, 0.6) is 0 Å². The third kappa shape index (κ3) is 3.64. The first-order chi connectivity index (χ1) is 8.63. The molecule has 0 bridgehead atoms. The van der Waals surface area contributed by atoms with Crippen molar-refractivity contribution in [3.8, 4) is 0 Å². The van der Waals surface area contributed by atoms with E-state index in [1.54, 1.807) is 33.8 Å². The molecule has 0 atom stereocenters. The number of rotatable bonds is 5. The predicted molar refractivity (Wildman–Crippen MR) is 70.3 cm³/mol. The fraction of sp³-hybridized carbons (Fsp3) is 0.364. The number of thiazole rings is 1. The molecule has 0 saturated heterocycles. The molecule has 18 heavy (non-hydrogen) atoms. The molecule has 2 aromatic heterocycles. The molecule has 96 valence electrons. The minimum atomic E-state index is -0.0774. The van der Waals surface area contributed by atoms with Crippen molar-refractivity contribution in [1.82, 2.24) is 19.7 Å². The number of anilines is 1. The van der Waals surface area contributed by atoms with Gasteiger partial charge >= 0.3 is 0 Å². The Bertz CT molecular complexity index is 507. The highest BCUT2D eigenvalue weighted by molar-refractivity contribution is 7.07. The van der Waals surface area contributed by atoms with E-state index in [9.17, 15) is 4.79 Å². The molecule has 6 nitrogen and oxygen atoms in total. The summed E-state index contributed by atoms with van der Waals surface area (Å²) in [6, 6.07) is 1.76. The van der Waals surface area contributed by atoms with E-state index in [0.717, 1.165) is 5.69 Å². The highest BCUT2D eigenvalue weighted by Gasteiger charge is 2.09. The topological polar surface area (TPSA) is 63.1 Å². The van der Waals surface area contributed by atoms with Crippen LogP contribution in [0.1, 0.15) is 5.69 Å². The van der Waals surface area contributed by atoms with E-state index < -0.39 is 0 Å². The first-order valence-corrected chi connectivity index (χ1v) is 6.43. The quantitative estimate of drug-likeness (QED) is 0.874. The lowest BCUT2D eigenvalue weighted by molar-refractivity contribution is -0.117. The second-order valence-corrected chi connectivity index (χ2v) is 4.79. The number of likely N-dealkylation sites (N-methyl/N-ethyl adjacent to an activating group) is 1. The Labute approximate surface area is 109 Å². The summed E-state index contributed by atoms with van der Waals surface area (Å²) in [7, 11) is 3.70. The van der Waals surface area contributed by atoms with Gasteiger partial charge in [-0.25, -0.2) is 4.98 Å². The number of aryl methyl sites for hydroxylation is 1. The predicted octanol–water partition coefficient (Wildman–Crippen LogP) is 0.947. The van der Waals surface area contributed by atoms with Gasteiger partial charge < -0.3 is 5.32 Å². The maximum absolute atomic E-state index is 11.7. The van der Waals surface area contributed by atoms with Crippen LogP contribution >= 0.6 is 11.3 Å². The van der Waals surface area contributed by atoms with Crippen LogP contribution in [0.25, 0.3) is 0 Å². The average Bonchev–Trinajstić information content (AvgIpc) is 2.90. The summed E-state index contributed by atoms with van der Waals surface area (Å²) in [4.78, 5) is 17.8. The Morgan fingerprint density at radius 1 is 1.61 bits per heavy atom. The van der Waals surface area contributed by atoms with Crippen LogP contribution in [0.15, 0.2) is 23.2 Å². The summed E-state index contributed by atoms with van der Waals surface area (Å²) in [5.74, 6) is 0.496. The molecule has 0 aliphatic carbocycles. The molecular weight excluding hydrogens is 250 g/mol. The van der Waals surface area contributed by atoms with Gasteiger partial charge in [0.05, 0.1) is 17.7 Å². The molecule has 0 aliphatic heterocycles. The Kier molecular flexibility index (Phi) is 4.06. The number of carbonyl (C=O) groups excluding carboxylic acids is 1. The molecule has 0 aromatic carbocycles. The lowest BCUT2D eigenvalue weighted by atomic mass is 10.4. The molecule has 2 aromatic rings. The third-order valence-corrected chi connectivity index (χ3v) is 2.95. The van der Waals surface area contributed by atoms with Crippen LogP contribution in [0, 0.1) is 0 Å². The zero-order chi connectivity index (χ0) is 13.0. The number of aromatic nitrogens is 3. The molecule has 1 N–H and O–H groups in total. The lowest BCUT2D eigenvalue weighted by Gasteiger charge is -2.14. The van der Waals surface area contributed by atoms with Crippen LogP contribution in [0.3, 0.4) is 0 Å². The van der Waals surface area contributed by atoms with Crippen LogP contribution in [0.4, 0.5) is 5.82 Å². The molecule has 0 spiro atoms. The number of hydrogen-bond acceptors (Lipinski definition) is 5. The van der Waals surface area contributed by atoms with Gasteiger partial charge in [0.1, 0.15) is 0 Å². The average molecular weight is 265 g/mol. The van der Waals surface area contributed by atoms with Crippen molar-refractivity contribution in [2.75, 3.05) is 18.9 Å². The van der Waals surface area contributed by atoms with Crippen LogP contribution in [-0.2, 0) is 18.4 Å². The van der Waals surface area contributed by atoms with E-state index in [1.165, 1.54) is 0 Å². The SMILES string of the molecule is CN(CC(=O)Nc1ccn(C)n1)Cc1cscn1. The molecule has 0 radical (unpaired) electrons. The zero-order valence-corrected chi connectivity index (χ0v) is 11.1. The van der Waals surface area contributed by atoms with Gasteiger partial charge in [0.2, 0.25) is 5.91 Å². The minimum absolute atomic E-state index is 0.0774. The van der Waals surface area contributed by atoms with Gasteiger partial charge in [-0.1, -0.05) is 0 Å². The van der Waals surface area contributed by atoms with Gasteiger partial charge in [-0.05, 0) is 7.05 Å². The summed E-state index contributed by atoms with van der Waals surface area (Å²) in [6.07, 6.45) is 1.79. The number of nitrogens with one attached hydrogen (secondary N) is 1. The van der Waals surface area contributed by atoms with Crippen molar-refractivity contribution in [3.63, 3.8) is 0 Å². The summed E-state index contributed by atoms with van der Waals surface area (Å²) in [5.41, 5.74) is 2.77. The molecule has 2 rings (SSSR count). The number of carbonyl (C=O) groups is 1. The standard InChI is InChI=1S/C11H15N5OS/c1-15(5-9-7-18-8-12-9)6-11(17)13-10-3-4-16(2)14-10/h3-4,7-8H,5-6H2,1-2H3,(H,13,14,17). The summed E-state index contributed by atoms with van der Waals surface area (Å²) < 4.78 is 1.65. The van der Waals surface area contributed by atoms with E-state index >= 15 is 0 Å². The van der Waals surface area contributed by atoms with Gasteiger partial charge in [-0.3, -0.25) is 14.4 Å². The van der Waals surface area contributed by atoms with Crippen molar-refractivity contribution in [2.45, 2.75) is 6.54 Å². The van der Waals surface area contributed by atoms with Crippen molar-refractivity contribution in [3.05, 3.63) is 28.8 Å². The second-order valence-electron chi connectivity index (χ2n) is 4.07. The highest BCUT2D eigenvalue weighted by Crippen LogP contribution is 2.05. The maximum atomic E-state index is 11.7.